The third kappa shape index (κ3) is 4.23. The van der Waals surface area contributed by atoms with Gasteiger partial charge in [-0.15, -0.1) is 11.3 Å². The summed E-state index contributed by atoms with van der Waals surface area (Å²) in [6.45, 7) is 6.17. The highest BCUT2D eigenvalue weighted by Gasteiger charge is 2.46. The zero-order chi connectivity index (χ0) is 24.8. The molecule has 8 nitrogen and oxygen atoms in total. The average Bonchev–Trinajstić information content (AvgIpc) is 3.31. The Morgan fingerprint density at radius 3 is 2.35 bits per heavy atom. The first-order chi connectivity index (χ1) is 16.0. The molecule has 0 saturated carbocycles. The van der Waals surface area contributed by atoms with Gasteiger partial charge in [-0.05, 0) is 23.8 Å². The lowest BCUT2D eigenvalue weighted by Crippen LogP contribution is -2.54. The first-order valence-electron chi connectivity index (χ1n) is 11.0. The molecule has 1 unspecified atom stereocenters. The van der Waals surface area contributed by atoms with E-state index in [4.69, 9.17) is 0 Å². The summed E-state index contributed by atoms with van der Waals surface area (Å²) in [7, 11) is 0. The molecule has 1 atom stereocenters. The molecule has 2 aromatic rings. The fraction of sp³-hybridized carbons (Fsp3) is 0.360. The Bertz CT molecular complexity index is 1240. The Morgan fingerprint density at radius 1 is 1.06 bits per heavy atom. The van der Waals surface area contributed by atoms with E-state index in [0.717, 1.165) is 10.5 Å². The molecular weight excluding hydrogens is 456 g/mol. The van der Waals surface area contributed by atoms with Crippen molar-refractivity contribution < 1.29 is 28.8 Å². The molecule has 2 aliphatic rings. The Kier molecular flexibility index (Phi) is 6.07. The maximum atomic E-state index is 13.0. The number of carbonyl (C=O) groups is 6. The van der Waals surface area contributed by atoms with Gasteiger partial charge in [0, 0.05) is 28.7 Å². The summed E-state index contributed by atoms with van der Waals surface area (Å²) in [5.74, 6) is -3.48. The average molecular weight is 481 g/mol. The molecule has 9 heteroatoms. The highest BCUT2D eigenvalue weighted by molar-refractivity contribution is 7.10. The van der Waals surface area contributed by atoms with Crippen LogP contribution in [0.2, 0.25) is 0 Å². The third-order valence-corrected chi connectivity index (χ3v) is 7.16. The van der Waals surface area contributed by atoms with Gasteiger partial charge in [0.2, 0.25) is 23.4 Å². The van der Waals surface area contributed by atoms with Gasteiger partial charge in [0.25, 0.3) is 11.8 Å². The summed E-state index contributed by atoms with van der Waals surface area (Å²) in [5.41, 5.74) is 1.65. The normalized spacial score (nSPS) is 18.2. The van der Waals surface area contributed by atoms with Crippen molar-refractivity contribution in [2.45, 2.75) is 57.9 Å². The minimum Gasteiger partial charge on any atom is -0.295 e. The lowest BCUT2D eigenvalue weighted by molar-refractivity contribution is -0.136. The van der Waals surface area contributed by atoms with Crippen LogP contribution in [0.15, 0.2) is 29.6 Å². The smallest absolute Gasteiger partial charge is 0.263 e. The molecule has 0 radical (unpaired) electrons. The predicted molar refractivity (Wildman–Crippen MR) is 124 cm³/mol. The van der Waals surface area contributed by atoms with Crippen molar-refractivity contribution in [3.05, 3.63) is 56.8 Å². The summed E-state index contributed by atoms with van der Waals surface area (Å²) in [6.07, 6.45) is 0.145. The molecular formula is C25H24N2O6S. The van der Waals surface area contributed by atoms with Crippen LogP contribution in [0.4, 0.5) is 0 Å². The number of fused-ring (bicyclic) bond motifs is 1. The van der Waals surface area contributed by atoms with E-state index >= 15 is 0 Å². The van der Waals surface area contributed by atoms with E-state index in [1.165, 1.54) is 16.7 Å². The number of aryl methyl sites for hydroxylation is 1. The van der Waals surface area contributed by atoms with Gasteiger partial charge >= 0.3 is 0 Å². The SMILES string of the molecule is CC(C)(C)c1ccc(C(=O)C(=O)CCc2scc3c2C(=O)N(C2CCC(=O)NC2=O)C3=O)cc1. The largest absolute Gasteiger partial charge is 0.295 e. The topological polar surface area (TPSA) is 118 Å². The van der Waals surface area contributed by atoms with E-state index in [-0.39, 0.29) is 42.2 Å². The second-order valence-corrected chi connectivity index (χ2v) is 10.4. The number of hydrogen-bond donors (Lipinski definition) is 1. The Hall–Kier alpha value is -3.46. The standard InChI is InChI=1S/C25H24N2O6S/c1-25(2,3)14-6-4-13(5-7-14)21(30)17(28)9-10-18-20-15(12-34-18)23(32)27(24(20)33)16-8-11-19(29)26-22(16)31/h4-7,12,16H,8-11H2,1-3H3,(H,26,29,31). The van der Waals surface area contributed by atoms with E-state index in [9.17, 15) is 28.8 Å². The van der Waals surface area contributed by atoms with Crippen molar-refractivity contribution in [2.75, 3.05) is 0 Å². The number of carbonyl (C=O) groups excluding carboxylic acids is 6. The molecule has 2 aliphatic heterocycles. The molecule has 1 N–H and O–H groups in total. The number of benzene rings is 1. The Labute approximate surface area is 200 Å². The van der Waals surface area contributed by atoms with Gasteiger partial charge in [-0.1, -0.05) is 45.0 Å². The molecule has 34 heavy (non-hydrogen) atoms. The first-order valence-corrected chi connectivity index (χ1v) is 11.9. The van der Waals surface area contributed by atoms with Gasteiger partial charge in [-0.25, -0.2) is 0 Å². The quantitative estimate of drug-likeness (QED) is 0.386. The highest BCUT2D eigenvalue weighted by atomic mass is 32.1. The summed E-state index contributed by atoms with van der Waals surface area (Å²) in [4.78, 5) is 76.0. The van der Waals surface area contributed by atoms with E-state index in [2.05, 4.69) is 26.1 Å². The summed E-state index contributed by atoms with van der Waals surface area (Å²) in [6, 6.07) is 5.91. The number of imide groups is 2. The van der Waals surface area contributed by atoms with Gasteiger partial charge in [0.1, 0.15) is 6.04 Å². The van der Waals surface area contributed by atoms with Crippen LogP contribution in [0, 0.1) is 0 Å². The van der Waals surface area contributed by atoms with Crippen LogP contribution in [-0.2, 0) is 26.2 Å². The molecule has 1 fully saturated rings. The number of thiophene rings is 1. The molecule has 0 bridgehead atoms. The number of piperidine rings is 1. The number of hydrogen-bond acceptors (Lipinski definition) is 7. The zero-order valence-electron chi connectivity index (χ0n) is 19.1. The monoisotopic (exact) mass is 480 g/mol. The van der Waals surface area contributed by atoms with E-state index in [1.54, 1.807) is 12.1 Å². The fourth-order valence-corrected chi connectivity index (χ4v) is 5.16. The molecule has 4 amide bonds. The third-order valence-electron chi connectivity index (χ3n) is 6.12. The van der Waals surface area contributed by atoms with Gasteiger partial charge in [-0.3, -0.25) is 39.0 Å². The van der Waals surface area contributed by atoms with Crippen LogP contribution in [0.5, 0.6) is 0 Å². The summed E-state index contributed by atoms with van der Waals surface area (Å²) >= 11 is 1.18. The molecule has 4 rings (SSSR count). The van der Waals surface area contributed by atoms with Gasteiger partial charge < -0.3 is 0 Å². The highest BCUT2D eigenvalue weighted by Crippen LogP contribution is 2.34. The number of nitrogens with one attached hydrogen (secondary N) is 1. The predicted octanol–water partition coefficient (Wildman–Crippen LogP) is 2.83. The van der Waals surface area contributed by atoms with Crippen LogP contribution >= 0.6 is 11.3 Å². The summed E-state index contributed by atoms with van der Waals surface area (Å²) in [5, 5.41) is 3.69. The Balaban J connectivity index is 1.45. The zero-order valence-corrected chi connectivity index (χ0v) is 19.9. The maximum Gasteiger partial charge on any atom is 0.263 e. The van der Waals surface area contributed by atoms with E-state index < -0.39 is 41.2 Å². The molecule has 1 saturated heterocycles. The molecule has 0 spiro atoms. The fourth-order valence-electron chi connectivity index (χ4n) is 4.15. The van der Waals surface area contributed by atoms with Crippen LogP contribution in [0.1, 0.15) is 81.5 Å². The van der Waals surface area contributed by atoms with Gasteiger partial charge in [-0.2, -0.15) is 0 Å². The number of amides is 4. The summed E-state index contributed by atoms with van der Waals surface area (Å²) < 4.78 is 0. The van der Waals surface area contributed by atoms with Crippen LogP contribution < -0.4 is 5.32 Å². The van der Waals surface area contributed by atoms with Crippen molar-refractivity contribution in [1.82, 2.24) is 10.2 Å². The number of nitrogens with zero attached hydrogens (tertiary/aromatic N) is 1. The maximum absolute atomic E-state index is 13.0. The van der Waals surface area contributed by atoms with E-state index in [0.29, 0.717) is 10.4 Å². The lowest BCUT2D eigenvalue weighted by atomic mass is 9.86. The lowest BCUT2D eigenvalue weighted by Gasteiger charge is -2.28. The van der Waals surface area contributed by atoms with Crippen molar-refractivity contribution in [2.24, 2.45) is 0 Å². The molecule has 1 aromatic heterocycles. The van der Waals surface area contributed by atoms with Gasteiger partial charge in [0.05, 0.1) is 11.1 Å². The first kappa shape index (κ1) is 23.7. The number of Topliss-reactive ketones (excluding diaryl/α,β-unsaturated/α-hetero) is 2. The molecule has 176 valence electrons. The Morgan fingerprint density at radius 2 is 1.74 bits per heavy atom. The minimum atomic E-state index is -1.04. The molecule has 3 heterocycles. The van der Waals surface area contributed by atoms with Crippen LogP contribution in [0.25, 0.3) is 0 Å². The van der Waals surface area contributed by atoms with Crippen molar-refractivity contribution in [3.63, 3.8) is 0 Å². The number of rotatable bonds is 6. The van der Waals surface area contributed by atoms with Crippen LogP contribution in [0.3, 0.4) is 0 Å². The van der Waals surface area contributed by atoms with E-state index in [1.807, 2.05) is 12.1 Å². The van der Waals surface area contributed by atoms with Crippen molar-refractivity contribution >= 4 is 46.5 Å². The molecule has 1 aromatic carbocycles. The number of ketones is 2. The van der Waals surface area contributed by atoms with Crippen molar-refractivity contribution in [1.29, 1.82) is 0 Å². The minimum absolute atomic E-state index is 0.0422. The van der Waals surface area contributed by atoms with Crippen molar-refractivity contribution in [3.8, 4) is 0 Å². The van der Waals surface area contributed by atoms with Crippen LogP contribution in [-0.4, -0.2) is 46.1 Å². The van der Waals surface area contributed by atoms with Gasteiger partial charge in [0.15, 0.2) is 0 Å². The second kappa shape index (κ2) is 8.72. The second-order valence-electron chi connectivity index (χ2n) is 9.47. The molecule has 0 aliphatic carbocycles.